The van der Waals surface area contributed by atoms with Crippen molar-refractivity contribution in [1.29, 1.82) is 0 Å². The number of rotatable bonds is 7. The lowest BCUT2D eigenvalue weighted by atomic mass is 10.3. The standard InChI is InChI=1S/C12H19NO3S/c1-3-10-17(14,15)12-6-4-11(5-7-12)13-8-9-16-2/h4-7,13H,3,8-10H2,1-2H3. The van der Waals surface area contributed by atoms with Crippen molar-refractivity contribution in [2.75, 3.05) is 31.3 Å². The van der Waals surface area contributed by atoms with Crippen molar-refractivity contribution in [2.24, 2.45) is 0 Å². The summed E-state index contributed by atoms with van der Waals surface area (Å²) in [4.78, 5) is 0.386. The van der Waals surface area contributed by atoms with E-state index in [9.17, 15) is 8.42 Å². The Kier molecular flexibility index (Phi) is 5.44. The van der Waals surface area contributed by atoms with Gasteiger partial charge in [-0.15, -0.1) is 0 Å². The van der Waals surface area contributed by atoms with E-state index in [2.05, 4.69) is 5.32 Å². The van der Waals surface area contributed by atoms with Gasteiger partial charge < -0.3 is 10.1 Å². The van der Waals surface area contributed by atoms with Crippen LogP contribution < -0.4 is 5.32 Å². The van der Waals surface area contributed by atoms with Crippen molar-refractivity contribution in [1.82, 2.24) is 0 Å². The highest BCUT2D eigenvalue weighted by Crippen LogP contribution is 2.15. The maximum Gasteiger partial charge on any atom is 0.178 e. The van der Waals surface area contributed by atoms with Crippen LogP contribution in [0.15, 0.2) is 29.2 Å². The van der Waals surface area contributed by atoms with E-state index in [1.54, 1.807) is 31.4 Å². The lowest BCUT2D eigenvalue weighted by Crippen LogP contribution is -2.08. The molecule has 1 N–H and O–H groups in total. The van der Waals surface area contributed by atoms with Gasteiger partial charge in [0, 0.05) is 19.3 Å². The molecule has 0 amide bonds. The van der Waals surface area contributed by atoms with E-state index in [4.69, 9.17) is 4.74 Å². The van der Waals surface area contributed by atoms with Gasteiger partial charge in [-0.1, -0.05) is 6.92 Å². The molecule has 0 aliphatic carbocycles. The van der Waals surface area contributed by atoms with E-state index in [0.29, 0.717) is 24.5 Å². The first-order chi connectivity index (χ1) is 8.10. The smallest absolute Gasteiger partial charge is 0.178 e. The van der Waals surface area contributed by atoms with E-state index in [1.807, 2.05) is 6.92 Å². The summed E-state index contributed by atoms with van der Waals surface area (Å²) in [5, 5.41) is 3.14. The zero-order chi connectivity index (χ0) is 12.7. The van der Waals surface area contributed by atoms with Crippen molar-refractivity contribution in [2.45, 2.75) is 18.2 Å². The largest absolute Gasteiger partial charge is 0.383 e. The fraction of sp³-hybridized carbons (Fsp3) is 0.500. The van der Waals surface area contributed by atoms with Crippen LogP contribution in [0, 0.1) is 0 Å². The Morgan fingerprint density at radius 3 is 2.41 bits per heavy atom. The van der Waals surface area contributed by atoms with Gasteiger partial charge in [-0.3, -0.25) is 0 Å². The fourth-order valence-corrected chi connectivity index (χ4v) is 2.79. The van der Waals surface area contributed by atoms with Gasteiger partial charge in [0.1, 0.15) is 0 Å². The van der Waals surface area contributed by atoms with Crippen molar-refractivity contribution in [3.05, 3.63) is 24.3 Å². The lowest BCUT2D eigenvalue weighted by Gasteiger charge is -2.07. The maximum absolute atomic E-state index is 11.8. The highest BCUT2D eigenvalue weighted by molar-refractivity contribution is 7.91. The molecule has 0 radical (unpaired) electrons. The Bertz CT molecular complexity index is 426. The van der Waals surface area contributed by atoms with E-state index in [-0.39, 0.29) is 5.75 Å². The third kappa shape index (κ3) is 4.36. The van der Waals surface area contributed by atoms with Gasteiger partial charge in [-0.05, 0) is 30.7 Å². The molecule has 0 saturated heterocycles. The third-order valence-corrected chi connectivity index (χ3v) is 4.26. The van der Waals surface area contributed by atoms with Crippen molar-refractivity contribution in [3.8, 4) is 0 Å². The maximum atomic E-state index is 11.8. The molecule has 0 heterocycles. The molecule has 0 atom stereocenters. The number of hydrogen-bond acceptors (Lipinski definition) is 4. The molecule has 1 rings (SSSR count). The van der Waals surface area contributed by atoms with Gasteiger partial charge in [-0.25, -0.2) is 8.42 Å². The summed E-state index contributed by atoms with van der Waals surface area (Å²) in [5.74, 6) is 0.198. The molecular formula is C12H19NO3S. The summed E-state index contributed by atoms with van der Waals surface area (Å²) in [6.07, 6.45) is 0.635. The predicted molar refractivity (Wildman–Crippen MR) is 69.2 cm³/mol. The number of methoxy groups -OCH3 is 1. The zero-order valence-corrected chi connectivity index (χ0v) is 11.1. The zero-order valence-electron chi connectivity index (χ0n) is 10.3. The van der Waals surface area contributed by atoms with Crippen molar-refractivity contribution < 1.29 is 13.2 Å². The predicted octanol–water partition coefficient (Wildman–Crippen LogP) is 1.93. The third-order valence-electron chi connectivity index (χ3n) is 2.32. The van der Waals surface area contributed by atoms with Crippen LogP contribution in [0.5, 0.6) is 0 Å². The Labute approximate surface area is 103 Å². The molecule has 0 aliphatic rings. The number of anilines is 1. The molecule has 1 aromatic rings. The Balaban J connectivity index is 2.68. The first-order valence-electron chi connectivity index (χ1n) is 5.66. The topological polar surface area (TPSA) is 55.4 Å². The van der Waals surface area contributed by atoms with Gasteiger partial charge in [0.2, 0.25) is 0 Å². The second kappa shape index (κ2) is 6.61. The molecule has 0 fully saturated rings. The quantitative estimate of drug-likeness (QED) is 0.758. The van der Waals surface area contributed by atoms with Gasteiger partial charge in [0.15, 0.2) is 9.84 Å². The molecule has 0 aliphatic heterocycles. The normalized spacial score (nSPS) is 11.4. The van der Waals surface area contributed by atoms with Gasteiger partial charge >= 0.3 is 0 Å². The van der Waals surface area contributed by atoms with Gasteiger partial charge in [-0.2, -0.15) is 0 Å². The first kappa shape index (κ1) is 14.0. The van der Waals surface area contributed by atoms with Crippen LogP contribution in [0.1, 0.15) is 13.3 Å². The number of ether oxygens (including phenoxy) is 1. The summed E-state index contributed by atoms with van der Waals surface area (Å²) in [6, 6.07) is 6.83. The summed E-state index contributed by atoms with van der Waals surface area (Å²) in [5.41, 5.74) is 0.900. The molecule has 0 spiro atoms. The summed E-state index contributed by atoms with van der Waals surface area (Å²) >= 11 is 0. The Morgan fingerprint density at radius 2 is 1.88 bits per heavy atom. The average Bonchev–Trinajstić information content (AvgIpc) is 2.30. The monoisotopic (exact) mass is 257 g/mol. The van der Waals surface area contributed by atoms with E-state index in [0.717, 1.165) is 5.69 Å². The highest BCUT2D eigenvalue weighted by atomic mass is 32.2. The number of nitrogens with one attached hydrogen (secondary N) is 1. The van der Waals surface area contributed by atoms with Crippen LogP contribution in [-0.4, -0.2) is 34.4 Å². The van der Waals surface area contributed by atoms with Gasteiger partial charge in [0.05, 0.1) is 17.3 Å². The molecule has 0 unspecified atom stereocenters. The average molecular weight is 257 g/mol. The SMILES string of the molecule is CCCS(=O)(=O)c1ccc(NCCOC)cc1. The molecule has 17 heavy (non-hydrogen) atoms. The van der Waals surface area contributed by atoms with Crippen LogP contribution in [0.2, 0.25) is 0 Å². The minimum Gasteiger partial charge on any atom is -0.383 e. The molecular weight excluding hydrogens is 238 g/mol. The van der Waals surface area contributed by atoms with E-state index in [1.165, 1.54) is 0 Å². The van der Waals surface area contributed by atoms with Crippen LogP contribution in [0.4, 0.5) is 5.69 Å². The molecule has 1 aromatic carbocycles. The van der Waals surface area contributed by atoms with Crippen molar-refractivity contribution >= 4 is 15.5 Å². The molecule has 4 nitrogen and oxygen atoms in total. The Hall–Kier alpha value is -1.07. The molecule has 0 bridgehead atoms. The van der Waals surface area contributed by atoms with Crippen LogP contribution in [-0.2, 0) is 14.6 Å². The minimum atomic E-state index is -3.10. The number of sulfone groups is 1. The summed E-state index contributed by atoms with van der Waals surface area (Å²) in [7, 11) is -1.46. The van der Waals surface area contributed by atoms with E-state index >= 15 is 0 Å². The molecule has 0 saturated carbocycles. The second-order valence-electron chi connectivity index (χ2n) is 3.76. The highest BCUT2D eigenvalue weighted by Gasteiger charge is 2.12. The number of benzene rings is 1. The molecule has 0 aromatic heterocycles. The van der Waals surface area contributed by atoms with Gasteiger partial charge in [0.25, 0.3) is 0 Å². The van der Waals surface area contributed by atoms with Crippen LogP contribution in [0.25, 0.3) is 0 Å². The second-order valence-corrected chi connectivity index (χ2v) is 5.87. The first-order valence-corrected chi connectivity index (χ1v) is 7.31. The minimum absolute atomic E-state index is 0.198. The van der Waals surface area contributed by atoms with Crippen LogP contribution in [0.3, 0.4) is 0 Å². The van der Waals surface area contributed by atoms with E-state index < -0.39 is 9.84 Å². The van der Waals surface area contributed by atoms with Crippen molar-refractivity contribution in [3.63, 3.8) is 0 Å². The summed E-state index contributed by atoms with van der Waals surface area (Å²) in [6.45, 7) is 3.19. The fourth-order valence-electron chi connectivity index (χ4n) is 1.46. The summed E-state index contributed by atoms with van der Waals surface area (Å²) < 4.78 is 28.4. The molecule has 96 valence electrons. The number of hydrogen-bond donors (Lipinski definition) is 1. The Morgan fingerprint density at radius 1 is 1.24 bits per heavy atom. The molecule has 5 heteroatoms. The van der Waals surface area contributed by atoms with Crippen LogP contribution >= 0.6 is 0 Å². The lowest BCUT2D eigenvalue weighted by molar-refractivity contribution is 0.211.